The highest BCUT2D eigenvalue weighted by Gasteiger charge is 2.16. The third-order valence-corrected chi connectivity index (χ3v) is 3.25. The molecule has 0 spiro atoms. The number of carbonyl (C=O) groups is 1. The van der Waals surface area contributed by atoms with E-state index in [2.05, 4.69) is 5.32 Å². The first-order valence-corrected chi connectivity index (χ1v) is 7.25. The smallest absolute Gasteiger partial charge is 0.311 e. The highest BCUT2D eigenvalue weighted by atomic mass is 16.6. The van der Waals surface area contributed by atoms with Crippen LogP contribution in [0.2, 0.25) is 0 Å². The van der Waals surface area contributed by atoms with Gasteiger partial charge in [-0.05, 0) is 30.5 Å². The lowest BCUT2D eigenvalue weighted by molar-refractivity contribution is -0.385. The Bertz CT molecular complexity index is 686. The van der Waals surface area contributed by atoms with Crippen molar-refractivity contribution in [1.29, 1.82) is 0 Å². The second kappa shape index (κ2) is 7.93. The van der Waals surface area contributed by atoms with Crippen LogP contribution in [0.3, 0.4) is 0 Å². The molecule has 23 heavy (non-hydrogen) atoms. The average Bonchev–Trinajstić information content (AvgIpc) is 2.54. The largest absolute Gasteiger partial charge is 0.477 e. The summed E-state index contributed by atoms with van der Waals surface area (Å²) in [7, 11) is 0. The maximum atomic E-state index is 11.7. The van der Waals surface area contributed by atoms with Crippen LogP contribution >= 0.6 is 0 Å². The van der Waals surface area contributed by atoms with E-state index in [4.69, 9.17) is 4.74 Å². The summed E-state index contributed by atoms with van der Waals surface area (Å²) < 4.78 is 5.26. The third-order valence-electron chi connectivity index (χ3n) is 3.25. The van der Waals surface area contributed by atoms with Gasteiger partial charge in [-0.25, -0.2) is 0 Å². The molecule has 0 aromatic heterocycles. The van der Waals surface area contributed by atoms with E-state index < -0.39 is 4.92 Å². The van der Waals surface area contributed by atoms with E-state index in [0.29, 0.717) is 6.54 Å². The molecule has 6 heteroatoms. The van der Waals surface area contributed by atoms with Gasteiger partial charge in [-0.15, -0.1) is 0 Å². The van der Waals surface area contributed by atoms with Gasteiger partial charge >= 0.3 is 5.69 Å². The van der Waals surface area contributed by atoms with E-state index >= 15 is 0 Å². The number of carbonyl (C=O) groups excluding carboxylic acids is 1. The number of benzene rings is 2. The summed E-state index contributed by atoms with van der Waals surface area (Å²) in [5.74, 6) is -0.213. The monoisotopic (exact) mass is 314 g/mol. The lowest BCUT2D eigenvalue weighted by atomic mass is 10.1. The number of nitrogens with one attached hydrogen (secondary N) is 1. The van der Waals surface area contributed by atoms with Crippen molar-refractivity contribution >= 4 is 11.6 Å². The van der Waals surface area contributed by atoms with E-state index in [9.17, 15) is 14.9 Å². The highest BCUT2D eigenvalue weighted by molar-refractivity contribution is 5.77. The topological polar surface area (TPSA) is 81.5 Å². The Morgan fingerprint density at radius 3 is 2.65 bits per heavy atom. The SMILES string of the molecule is Cc1ccc(OCC(=O)NCCc2ccccc2)c([N+](=O)[O-])c1. The molecule has 0 bridgehead atoms. The number of nitro benzene ring substituents is 1. The Morgan fingerprint density at radius 1 is 1.22 bits per heavy atom. The van der Waals surface area contributed by atoms with Gasteiger partial charge in [-0.3, -0.25) is 14.9 Å². The fourth-order valence-electron chi connectivity index (χ4n) is 2.08. The van der Waals surface area contributed by atoms with E-state index in [-0.39, 0.29) is 24.0 Å². The van der Waals surface area contributed by atoms with Crippen LogP contribution in [-0.4, -0.2) is 24.0 Å². The first kappa shape index (κ1) is 16.5. The van der Waals surface area contributed by atoms with Crippen LogP contribution in [0.25, 0.3) is 0 Å². The summed E-state index contributed by atoms with van der Waals surface area (Å²) in [6, 6.07) is 14.4. The van der Waals surface area contributed by atoms with Crippen molar-refractivity contribution in [2.24, 2.45) is 0 Å². The quantitative estimate of drug-likeness (QED) is 0.629. The second-order valence-electron chi connectivity index (χ2n) is 5.10. The van der Waals surface area contributed by atoms with Crippen LogP contribution in [0.5, 0.6) is 5.75 Å². The number of aryl methyl sites for hydroxylation is 1. The fraction of sp³-hybridized carbons (Fsp3) is 0.235. The van der Waals surface area contributed by atoms with Crippen LogP contribution in [0.1, 0.15) is 11.1 Å². The molecule has 0 fully saturated rings. The van der Waals surface area contributed by atoms with Gasteiger partial charge in [0.2, 0.25) is 0 Å². The minimum Gasteiger partial charge on any atom is -0.477 e. The summed E-state index contributed by atoms with van der Waals surface area (Å²) in [6.45, 7) is 1.99. The van der Waals surface area contributed by atoms with E-state index in [1.807, 2.05) is 30.3 Å². The Balaban J connectivity index is 1.81. The summed E-state index contributed by atoms with van der Waals surface area (Å²) in [6.07, 6.45) is 0.720. The van der Waals surface area contributed by atoms with Crippen molar-refractivity contribution in [2.75, 3.05) is 13.2 Å². The zero-order valence-corrected chi connectivity index (χ0v) is 12.8. The van der Waals surface area contributed by atoms with Crippen molar-refractivity contribution in [3.05, 3.63) is 69.8 Å². The number of hydrogen-bond donors (Lipinski definition) is 1. The van der Waals surface area contributed by atoms with Gasteiger partial charge in [-0.2, -0.15) is 0 Å². The number of nitro groups is 1. The zero-order chi connectivity index (χ0) is 16.7. The molecule has 6 nitrogen and oxygen atoms in total. The summed E-state index contributed by atoms with van der Waals surface area (Å²) >= 11 is 0. The fourth-order valence-corrected chi connectivity index (χ4v) is 2.08. The lowest BCUT2D eigenvalue weighted by Gasteiger charge is -2.08. The van der Waals surface area contributed by atoms with E-state index in [1.54, 1.807) is 13.0 Å². The van der Waals surface area contributed by atoms with Crippen LogP contribution < -0.4 is 10.1 Å². The molecule has 0 heterocycles. The van der Waals surface area contributed by atoms with Gasteiger partial charge in [0, 0.05) is 12.6 Å². The molecule has 0 aliphatic carbocycles. The van der Waals surface area contributed by atoms with Crippen molar-refractivity contribution in [3.8, 4) is 5.75 Å². The minimum absolute atomic E-state index is 0.0961. The maximum Gasteiger partial charge on any atom is 0.311 e. The van der Waals surface area contributed by atoms with Crippen molar-refractivity contribution in [2.45, 2.75) is 13.3 Å². The number of ether oxygens (including phenoxy) is 1. The van der Waals surface area contributed by atoms with Crippen LogP contribution in [0.15, 0.2) is 48.5 Å². The molecule has 0 saturated heterocycles. The van der Waals surface area contributed by atoms with Gasteiger partial charge in [0.05, 0.1) is 4.92 Å². The number of hydrogen-bond acceptors (Lipinski definition) is 4. The molecule has 0 unspecified atom stereocenters. The van der Waals surface area contributed by atoms with Crippen LogP contribution in [-0.2, 0) is 11.2 Å². The van der Waals surface area contributed by atoms with Crippen LogP contribution in [0, 0.1) is 17.0 Å². The number of nitrogens with zero attached hydrogens (tertiary/aromatic N) is 1. The lowest BCUT2D eigenvalue weighted by Crippen LogP contribution is -2.30. The van der Waals surface area contributed by atoms with Crippen molar-refractivity contribution < 1.29 is 14.5 Å². The first-order chi connectivity index (χ1) is 11.1. The molecular formula is C17H18N2O4. The average molecular weight is 314 g/mol. The maximum absolute atomic E-state index is 11.7. The van der Waals surface area contributed by atoms with Gasteiger partial charge in [0.25, 0.3) is 5.91 Å². The summed E-state index contributed by atoms with van der Waals surface area (Å²) in [5.41, 5.74) is 1.75. The molecular weight excluding hydrogens is 296 g/mol. The van der Waals surface area contributed by atoms with Gasteiger partial charge < -0.3 is 10.1 Å². The number of rotatable bonds is 7. The minimum atomic E-state index is -0.518. The van der Waals surface area contributed by atoms with E-state index in [0.717, 1.165) is 17.5 Å². The first-order valence-electron chi connectivity index (χ1n) is 7.25. The molecule has 2 aromatic rings. The van der Waals surface area contributed by atoms with E-state index in [1.165, 1.54) is 12.1 Å². The van der Waals surface area contributed by atoms with Crippen molar-refractivity contribution in [3.63, 3.8) is 0 Å². The molecule has 0 aliphatic heterocycles. The summed E-state index contributed by atoms with van der Waals surface area (Å²) in [5, 5.41) is 13.7. The predicted octanol–water partition coefficient (Wildman–Crippen LogP) is 2.64. The molecule has 0 radical (unpaired) electrons. The predicted molar refractivity (Wildman–Crippen MR) is 86.5 cm³/mol. The highest BCUT2D eigenvalue weighted by Crippen LogP contribution is 2.27. The number of amides is 1. The van der Waals surface area contributed by atoms with Gasteiger partial charge in [0.1, 0.15) is 0 Å². The molecule has 1 amide bonds. The molecule has 0 aliphatic rings. The molecule has 2 rings (SSSR count). The van der Waals surface area contributed by atoms with Gasteiger partial charge in [-0.1, -0.05) is 36.4 Å². The Labute approximate surface area is 134 Å². The summed E-state index contributed by atoms with van der Waals surface area (Å²) in [4.78, 5) is 22.2. The third kappa shape index (κ3) is 5.10. The Kier molecular flexibility index (Phi) is 5.68. The molecule has 2 aromatic carbocycles. The standard InChI is InChI=1S/C17H18N2O4/c1-13-7-8-16(15(11-13)19(21)22)23-12-17(20)18-10-9-14-5-3-2-4-6-14/h2-8,11H,9-10,12H2,1H3,(H,18,20). The van der Waals surface area contributed by atoms with Crippen LogP contribution in [0.4, 0.5) is 5.69 Å². The molecule has 0 atom stereocenters. The molecule has 1 N–H and O–H groups in total. The second-order valence-corrected chi connectivity index (χ2v) is 5.10. The zero-order valence-electron chi connectivity index (χ0n) is 12.8. The Hall–Kier alpha value is -2.89. The van der Waals surface area contributed by atoms with Gasteiger partial charge in [0.15, 0.2) is 12.4 Å². The Morgan fingerprint density at radius 2 is 1.96 bits per heavy atom. The molecule has 0 saturated carbocycles. The molecule has 120 valence electrons. The van der Waals surface area contributed by atoms with Crippen molar-refractivity contribution in [1.82, 2.24) is 5.32 Å². The normalized spacial score (nSPS) is 10.1.